The molecule has 3 aliphatic heterocycles. The van der Waals surface area contributed by atoms with Crippen molar-refractivity contribution in [2.45, 2.75) is 43.6 Å². The zero-order valence-corrected chi connectivity index (χ0v) is 23.9. The van der Waals surface area contributed by atoms with Crippen LogP contribution in [0.15, 0.2) is 18.2 Å². The third-order valence-electron chi connectivity index (χ3n) is 8.88. The Morgan fingerprint density at radius 2 is 1.95 bits per heavy atom. The van der Waals surface area contributed by atoms with E-state index in [-0.39, 0.29) is 64.2 Å². The lowest BCUT2D eigenvalue weighted by atomic mass is 9.95. The van der Waals surface area contributed by atoms with Gasteiger partial charge in [0.05, 0.1) is 33.3 Å². The molecule has 0 amide bonds. The number of thiazole rings is 1. The lowest BCUT2D eigenvalue weighted by Crippen LogP contribution is -2.43. The van der Waals surface area contributed by atoms with Crippen LogP contribution < -0.4 is 15.4 Å². The molecular weight excluding hydrogens is 608 g/mol. The number of alkyl halides is 4. The largest absolute Gasteiger partial charge is 0.461 e. The second-order valence-electron chi connectivity index (χ2n) is 11.6. The molecule has 0 saturated carbocycles. The fourth-order valence-corrected chi connectivity index (χ4v) is 7.65. The van der Waals surface area contributed by atoms with Gasteiger partial charge in [-0.05, 0) is 44.0 Å². The normalized spacial score (nSPS) is 24.0. The smallest absolute Gasteiger partial charge is 0.417 e. The van der Waals surface area contributed by atoms with Crippen molar-refractivity contribution in [2.24, 2.45) is 5.92 Å². The number of nitrogen functional groups attached to an aromatic ring is 1. The van der Waals surface area contributed by atoms with E-state index < -0.39 is 52.1 Å². The molecule has 44 heavy (non-hydrogen) atoms. The second-order valence-corrected chi connectivity index (χ2v) is 12.6. The summed E-state index contributed by atoms with van der Waals surface area (Å²) in [6.07, 6.45) is -3.81. The SMILES string of the molecule is N#CC1CCN(c2nc(OC[C@@]34CCCN3C[C@H](F)C4)nc3c(F)c(-c4ccc(F)c5sc(N)nc45)c(C(F)(F)F)cc23)C1. The number of hydrogen-bond donors (Lipinski definition) is 1. The minimum absolute atomic E-state index is 0.00331. The number of anilines is 2. The van der Waals surface area contributed by atoms with E-state index in [2.05, 4.69) is 21.0 Å². The standard InChI is InChI=1S/C29H25F6N7OS/c30-15-9-28(5-1-6-42(28)12-15)13-43-27-39-22-17(25(40-27)41-7-4-14(10-36)11-41)8-18(29(33,34)35)20(21(22)32)16-2-3-19(31)24-23(16)38-26(37)44-24/h2-3,8,14-15H,1,4-7,9,11-13H2,(H2,37,38)/t14?,15-,28+/m1/s1. The topological polar surface area (TPSA) is 104 Å². The molecule has 3 fully saturated rings. The first-order valence-corrected chi connectivity index (χ1v) is 14.9. The third-order valence-corrected chi connectivity index (χ3v) is 9.77. The molecule has 2 aromatic heterocycles. The number of benzene rings is 2. The Morgan fingerprint density at radius 3 is 2.70 bits per heavy atom. The Morgan fingerprint density at radius 1 is 1.14 bits per heavy atom. The highest BCUT2D eigenvalue weighted by Gasteiger charge is 2.49. The summed E-state index contributed by atoms with van der Waals surface area (Å²) >= 11 is 0.739. The second kappa shape index (κ2) is 10.3. The minimum atomic E-state index is -5.03. The number of aromatic nitrogens is 3. The first-order valence-electron chi connectivity index (χ1n) is 14.1. The molecular formula is C29H25F6N7OS. The first-order chi connectivity index (χ1) is 21.0. The lowest BCUT2D eigenvalue weighted by Gasteiger charge is -2.31. The van der Waals surface area contributed by atoms with Crippen LogP contribution in [0.4, 0.5) is 37.3 Å². The van der Waals surface area contributed by atoms with Crippen molar-refractivity contribution in [3.05, 3.63) is 35.4 Å². The van der Waals surface area contributed by atoms with Gasteiger partial charge < -0.3 is 15.4 Å². The molecule has 0 radical (unpaired) electrons. The van der Waals surface area contributed by atoms with Crippen LogP contribution in [0, 0.1) is 28.9 Å². The lowest BCUT2D eigenvalue weighted by molar-refractivity contribution is -0.137. The van der Waals surface area contributed by atoms with Gasteiger partial charge in [0, 0.05) is 42.6 Å². The maximum absolute atomic E-state index is 16.7. The van der Waals surface area contributed by atoms with Crippen LogP contribution in [-0.4, -0.2) is 64.3 Å². The van der Waals surface area contributed by atoms with Crippen LogP contribution in [0.25, 0.3) is 32.2 Å². The quantitative estimate of drug-likeness (QED) is 0.264. The maximum Gasteiger partial charge on any atom is 0.417 e. The molecule has 4 aromatic rings. The molecule has 0 bridgehead atoms. The summed E-state index contributed by atoms with van der Waals surface area (Å²) < 4.78 is 95.4. The number of halogens is 6. The number of hydrogen-bond acceptors (Lipinski definition) is 9. The van der Waals surface area contributed by atoms with Gasteiger partial charge in [-0.3, -0.25) is 4.90 Å². The molecule has 1 unspecified atom stereocenters. The molecule has 2 N–H and O–H groups in total. The Hall–Kier alpha value is -3.90. The average molecular weight is 634 g/mol. The summed E-state index contributed by atoms with van der Waals surface area (Å²) in [7, 11) is 0. The van der Waals surface area contributed by atoms with Crippen molar-refractivity contribution in [3.63, 3.8) is 0 Å². The monoisotopic (exact) mass is 633 g/mol. The summed E-state index contributed by atoms with van der Waals surface area (Å²) in [4.78, 5) is 16.3. The Labute approximate surface area is 251 Å². The van der Waals surface area contributed by atoms with Crippen LogP contribution in [0.1, 0.15) is 31.2 Å². The van der Waals surface area contributed by atoms with E-state index in [1.54, 1.807) is 4.90 Å². The fourth-order valence-electron chi connectivity index (χ4n) is 6.88. The number of nitrogens with zero attached hydrogens (tertiary/aromatic N) is 6. The highest BCUT2D eigenvalue weighted by molar-refractivity contribution is 7.22. The third kappa shape index (κ3) is 4.66. The summed E-state index contributed by atoms with van der Waals surface area (Å²) in [6.45, 7) is 1.48. The molecule has 3 aliphatic rings. The van der Waals surface area contributed by atoms with Crippen molar-refractivity contribution in [1.29, 1.82) is 5.26 Å². The zero-order valence-electron chi connectivity index (χ0n) is 23.1. The van der Waals surface area contributed by atoms with E-state index in [9.17, 15) is 27.2 Å². The van der Waals surface area contributed by atoms with Crippen molar-refractivity contribution in [3.8, 4) is 23.2 Å². The minimum Gasteiger partial charge on any atom is -0.461 e. The molecule has 2 aromatic carbocycles. The summed E-state index contributed by atoms with van der Waals surface area (Å²) in [5, 5.41) is 9.15. The van der Waals surface area contributed by atoms with Gasteiger partial charge in [-0.25, -0.2) is 18.2 Å². The highest BCUT2D eigenvalue weighted by Crippen LogP contribution is 2.46. The van der Waals surface area contributed by atoms with Crippen LogP contribution in [0.2, 0.25) is 0 Å². The van der Waals surface area contributed by atoms with Crippen molar-refractivity contribution >= 4 is 43.4 Å². The molecule has 8 nitrogen and oxygen atoms in total. The molecule has 0 spiro atoms. The fraction of sp³-hybridized carbons (Fsp3) is 0.448. The molecule has 3 saturated heterocycles. The van der Waals surface area contributed by atoms with Crippen LogP contribution in [-0.2, 0) is 6.18 Å². The molecule has 3 atom stereocenters. The van der Waals surface area contributed by atoms with Gasteiger partial charge in [-0.2, -0.15) is 28.4 Å². The van der Waals surface area contributed by atoms with Gasteiger partial charge in [-0.1, -0.05) is 11.3 Å². The van der Waals surface area contributed by atoms with E-state index in [0.717, 1.165) is 36.0 Å². The van der Waals surface area contributed by atoms with Gasteiger partial charge in [0.1, 0.15) is 29.9 Å². The van der Waals surface area contributed by atoms with Crippen molar-refractivity contribution in [2.75, 3.05) is 43.4 Å². The Kier molecular flexibility index (Phi) is 6.78. The molecule has 5 heterocycles. The Balaban J connectivity index is 1.43. The van der Waals surface area contributed by atoms with Gasteiger partial charge in [-0.15, -0.1) is 0 Å². The van der Waals surface area contributed by atoms with Gasteiger partial charge in [0.2, 0.25) is 0 Å². The van der Waals surface area contributed by atoms with Crippen molar-refractivity contribution < 1.29 is 31.1 Å². The highest BCUT2D eigenvalue weighted by atomic mass is 32.1. The van der Waals surface area contributed by atoms with E-state index in [4.69, 9.17) is 10.5 Å². The zero-order chi connectivity index (χ0) is 31.0. The van der Waals surface area contributed by atoms with E-state index >= 15 is 4.39 Å². The number of ether oxygens (including phenoxy) is 1. The maximum atomic E-state index is 16.7. The van der Waals surface area contributed by atoms with Crippen LogP contribution in [0.3, 0.4) is 0 Å². The van der Waals surface area contributed by atoms with Gasteiger partial charge >= 0.3 is 12.2 Å². The van der Waals surface area contributed by atoms with Gasteiger partial charge in [0.15, 0.2) is 10.9 Å². The number of fused-ring (bicyclic) bond motifs is 3. The predicted molar refractivity (Wildman–Crippen MR) is 152 cm³/mol. The van der Waals surface area contributed by atoms with E-state index in [1.807, 2.05) is 4.90 Å². The number of nitriles is 1. The van der Waals surface area contributed by atoms with Crippen LogP contribution in [0.5, 0.6) is 6.01 Å². The van der Waals surface area contributed by atoms with E-state index in [0.29, 0.717) is 25.9 Å². The first kappa shape index (κ1) is 28.8. The van der Waals surface area contributed by atoms with Crippen LogP contribution >= 0.6 is 11.3 Å². The summed E-state index contributed by atoms with van der Waals surface area (Å²) in [6, 6.07) is 4.64. The molecule has 0 aliphatic carbocycles. The predicted octanol–water partition coefficient (Wildman–Crippen LogP) is 6.09. The van der Waals surface area contributed by atoms with E-state index in [1.165, 1.54) is 0 Å². The average Bonchev–Trinajstić information content (AvgIpc) is 3.75. The Bertz CT molecular complexity index is 1840. The number of rotatable bonds is 5. The molecule has 7 rings (SSSR count). The molecule has 230 valence electrons. The number of nitrogens with two attached hydrogens (primary N) is 1. The van der Waals surface area contributed by atoms with Gasteiger partial charge in [0.25, 0.3) is 0 Å². The summed E-state index contributed by atoms with van der Waals surface area (Å²) in [5.41, 5.74) is 2.05. The summed E-state index contributed by atoms with van der Waals surface area (Å²) in [5.74, 6) is -2.47. The molecule has 15 heteroatoms. The van der Waals surface area contributed by atoms with Crippen molar-refractivity contribution in [1.82, 2.24) is 19.9 Å².